The first kappa shape index (κ1) is 47.9. The van der Waals surface area contributed by atoms with Gasteiger partial charge >= 0.3 is 0 Å². The van der Waals surface area contributed by atoms with E-state index in [1.54, 1.807) is 18.2 Å². The highest BCUT2D eigenvalue weighted by Gasteiger charge is 2.28. The first-order valence-corrected chi connectivity index (χ1v) is 28.3. The highest BCUT2D eigenvalue weighted by atomic mass is 79.9. The summed E-state index contributed by atoms with van der Waals surface area (Å²) in [7, 11) is -10.9. The molecule has 1 saturated carbocycles. The lowest BCUT2D eigenvalue weighted by Crippen LogP contribution is -2.45. The van der Waals surface area contributed by atoms with Gasteiger partial charge in [0.05, 0.1) is 17.1 Å². The van der Waals surface area contributed by atoms with Gasteiger partial charge in [-0.05, 0) is 62.1 Å². The van der Waals surface area contributed by atoms with Gasteiger partial charge in [-0.3, -0.25) is 33.2 Å². The van der Waals surface area contributed by atoms with Gasteiger partial charge in [0, 0.05) is 104 Å². The number of aromatic nitrogens is 3. The molecule has 58 heavy (non-hydrogen) atoms. The number of hydrogen-bond donors (Lipinski definition) is 4. The molecule has 1 aliphatic carbocycles. The molecule has 4 atom stereocenters. The molecular weight excluding hydrogens is 999 g/mol. The molecule has 4 heterocycles. The van der Waals surface area contributed by atoms with Crippen LogP contribution in [-0.4, -0.2) is 116 Å². The quantitative estimate of drug-likeness (QED) is 0.106. The molecule has 20 heteroatoms. The van der Waals surface area contributed by atoms with Crippen LogP contribution in [0.3, 0.4) is 0 Å². The third-order valence-electron chi connectivity index (χ3n) is 10.6. The van der Waals surface area contributed by atoms with E-state index >= 15 is 0 Å². The maximum absolute atomic E-state index is 12.9. The molecule has 1 amide bonds. The summed E-state index contributed by atoms with van der Waals surface area (Å²) in [4.78, 5) is 64.9. The zero-order chi connectivity index (χ0) is 42.3. The zero-order valence-electron chi connectivity index (χ0n) is 33.3. The molecule has 1 aliphatic heterocycles. The van der Waals surface area contributed by atoms with Gasteiger partial charge in [-0.1, -0.05) is 73.5 Å². The fourth-order valence-corrected chi connectivity index (χ4v) is 11.6. The summed E-state index contributed by atoms with van der Waals surface area (Å²) < 4.78 is 40.1. The Kier molecular flexibility index (Phi) is 17.5. The number of carbonyl (C=O) groups excluding carboxylic acids is 1. The SMILES string of the molecule is CP(=O)(O)c1cc(Br)cc(CN2CCN(Cc3cc(Br)cc(P(C)(=O)O)n3)C[C@H](CCCCNC(=O)C3CCCCC3)N(Cc3cc(Br)cc(P(C)(=O)O)n3)CC2)n1. The summed E-state index contributed by atoms with van der Waals surface area (Å²) >= 11 is 10.5. The number of unbranched alkanes of at least 4 members (excludes halogenated alkanes) is 1. The van der Waals surface area contributed by atoms with Crippen molar-refractivity contribution in [2.45, 2.75) is 77.0 Å². The first-order chi connectivity index (χ1) is 27.2. The molecule has 320 valence electrons. The van der Waals surface area contributed by atoms with Crippen LogP contribution in [0.25, 0.3) is 0 Å². The Labute approximate surface area is 367 Å². The lowest BCUT2D eigenvalue weighted by Gasteiger charge is -2.35. The standard InChI is InChI=1S/C38H55Br3N7O7P3/c1-56(50,51)35-20-28(39)17-31(43-35)23-46-13-14-47(24-32-18-29(40)21-36(44-32)57(2,52)53)26-34(11-7-8-12-42-38(49)27-9-5-4-6-10-27)48(16-15-46)25-33-19-30(41)22-37(45-33)58(3,54)55/h17-22,27,34H,4-16,23-26H2,1-3H3,(H,42,49)(H,50,51)(H,52,53)(H,54,55)/t34-/m0/s1. The summed E-state index contributed by atoms with van der Waals surface area (Å²) in [5.41, 5.74) is 2.30. The number of rotatable bonds is 15. The van der Waals surface area contributed by atoms with E-state index in [-0.39, 0.29) is 34.2 Å². The van der Waals surface area contributed by atoms with Gasteiger partial charge in [0.2, 0.25) is 28.0 Å². The molecule has 2 fully saturated rings. The van der Waals surface area contributed by atoms with E-state index in [0.29, 0.717) is 89.4 Å². The maximum atomic E-state index is 12.9. The molecule has 14 nitrogen and oxygen atoms in total. The van der Waals surface area contributed by atoms with Gasteiger partial charge in [0.25, 0.3) is 0 Å². The van der Waals surface area contributed by atoms with Crippen molar-refractivity contribution in [1.82, 2.24) is 35.0 Å². The van der Waals surface area contributed by atoms with Crippen molar-refractivity contribution in [3.8, 4) is 0 Å². The second-order valence-corrected chi connectivity index (χ2v) is 25.2. The highest BCUT2D eigenvalue weighted by Crippen LogP contribution is 2.36. The predicted octanol–water partition coefficient (Wildman–Crippen LogP) is 5.79. The second-order valence-electron chi connectivity index (χ2n) is 15.8. The average Bonchev–Trinajstić information content (AvgIpc) is 3.19. The lowest BCUT2D eigenvalue weighted by atomic mass is 9.88. The Morgan fingerprint density at radius 3 is 1.62 bits per heavy atom. The molecule has 2 aliphatic rings. The van der Waals surface area contributed by atoms with Crippen LogP contribution < -0.4 is 21.6 Å². The number of amides is 1. The third kappa shape index (κ3) is 15.0. The molecule has 1 saturated heterocycles. The molecule has 4 N–H and O–H groups in total. The number of halogens is 3. The first-order valence-electron chi connectivity index (χ1n) is 19.6. The van der Waals surface area contributed by atoms with Crippen molar-refractivity contribution >= 4 is 92.1 Å². The topological polar surface area (TPSA) is 189 Å². The molecule has 5 rings (SSSR count). The summed E-state index contributed by atoms with van der Waals surface area (Å²) in [6, 6.07) is 10.3. The predicted molar refractivity (Wildman–Crippen MR) is 240 cm³/mol. The largest absolute Gasteiger partial charge is 0.356 e. The number of nitrogens with zero attached hydrogens (tertiary/aromatic N) is 6. The number of carbonyl (C=O) groups is 1. The Balaban J connectivity index is 1.45. The molecule has 0 bridgehead atoms. The summed E-state index contributed by atoms with van der Waals surface area (Å²) in [6.45, 7) is 8.71. The van der Waals surface area contributed by atoms with Crippen molar-refractivity contribution in [3.63, 3.8) is 0 Å². The molecule has 3 unspecified atom stereocenters. The minimum absolute atomic E-state index is 0.0153. The van der Waals surface area contributed by atoms with Crippen molar-refractivity contribution in [3.05, 3.63) is 66.9 Å². The monoisotopic (exact) mass is 1050 g/mol. The summed E-state index contributed by atoms with van der Waals surface area (Å²) in [5, 5.41) is 3.18. The van der Waals surface area contributed by atoms with Crippen LogP contribution in [0.5, 0.6) is 0 Å². The number of hydrogen-bond acceptors (Lipinski definition) is 10. The van der Waals surface area contributed by atoms with Crippen molar-refractivity contribution in [2.75, 3.05) is 59.3 Å². The van der Waals surface area contributed by atoms with E-state index in [1.807, 2.05) is 18.2 Å². The van der Waals surface area contributed by atoms with Crippen molar-refractivity contribution < 1.29 is 33.2 Å². The van der Waals surface area contributed by atoms with E-state index < -0.39 is 22.1 Å². The van der Waals surface area contributed by atoms with Gasteiger partial charge in [0.1, 0.15) is 16.3 Å². The van der Waals surface area contributed by atoms with Crippen molar-refractivity contribution in [1.29, 1.82) is 0 Å². The summed E-state index contributed by atoms with van der Waals surface area (Å²) in [5.74, 6) is 0.250. The van der Waals surface area contributed by atoms with E-state index in [0.717, 1.165) is 44.9 Å². The van der Waals surface area contributed by atoms with Crippen LogP contribution in [0, 0.1) is 5.92 Å². The molecule has 0 aromatic carbocycles. The van der Waals surface area contributed by atoms with Crippen LogP contribution in [-0.2, 0) is 38.1 Å². The van der Waals surface area contributed by atoms with E-state index in [2.05, 4.69) is 82.8 Å². The third-order valence-corrected chi connectivity index (χ3v) is 15.2. The van der Waals surface area contributed by atoms with Crippen LogP contribution in [0.1, 0.15) is 68.4 Å². The molecule has 0 spiro atoms. The maximum Gasteiger partial charge on any atom is 0.244 e. The minimum atomic E-state index is -3.65. The normalized spacial score (nSPS) is 21.2. The summed E-state index contributed by atoms with van der Waals surface area (Å²) in [6.07, 6.45) is 7.74. The molecule has 3 aromatic heterocycles. The number of pyridine rings is 3. The Morgan fingerprint density at radius 2 is 1.12 bits per heavy atom. The Morgan fingerprint density at radius 1 is 0.672 bits per heavy atom. The van der Waals surface area contributed by atoms with Gasteiger partial charge < -0.3 is 20.0 Å². The van der Waals surface area contributed by atoms with Crippen LogP contribution >= 0.6 is 69.9 Å². The van der Waals surface area contributed by atoms with Gasteiger partial charge in [-0.15, -0.1) is 0 Å². The van der Waals surface area contributed by atoms with Gasteiger partial charge in [0.15, 0.2) is 0 Å². The Bertz CT molecular complexity index is 2040. The highest BCUT2D eigenvalue weighted by molar-refractivity contribution is 9.11. The fraction of sp³-hybridized carbons (Fsp3) is 0.579. The fourth-order valence-electron chi connectivity index (χ4n) is 7.52. The molecule has 3 aromatic rings. The molecule has 0 radical (unpaired) electrons. The zero-order valence-corrected chi connectivity index (χ0v) is 40.7. The van der Waals surface area contributed by atoms with E-state index in [1.165, 1.54) is 26.4 Å². The second kappa shape index (κ2) is 21.3. The van der Waals surface area contributed by atoms with E-state index in [4.69, 9.17) is 0 Å². The Hall–Kier alpha value is -1.19. The smallest absolute Gasteiger partial charge is 0.244 e. The lowest BCUT2D eigenvalue weighted by molar-refractivity contribution is -0.125. The minimum Gasteiger partial charge on any atom is -0.356 e. The average molecular weight is 1050 g/mol. The van der Waals surface area contributed by atoms with Crippen LogP contribution in [0.2, 0.25) is 0 Å². The van der Waals surface area contributed by atoms with E-state index in [9.17, 15) is 33.2 Å². The number of nitrogens with one attached hydrogen (secondary N) is 1. The van der Waals surface area contributed by atoms with Crippen molar-refractivity contribution in [2.24, 2.45) is 5.92 Å². The van der Waals surface area contributed by atoms with Crippen LogP contribution in [0.15, 0.2) is 49.8 Å². The van der Waals surface area contributed by atoms with Gasteiger partial charge in [-0.2, -0.15) is 0 Å². The van der Waals surface area contributed by atoms with Crippen LogP contribution in [0.4, 0.5) is 0 Å². The van der Waals surface area contributed by atoms with Gasteiger partial charge in [-0.25, -0.2) is 15.0 Å². The molecular formula is C38H55Br3N7O7P3.